The number of nitrogen functional groups attached to an aromatic ring is 1. The number of anilines is 1. The summed E-state index contributed by atoms with van der Waals surface area (Å²) in [5.74, 6) is 1.51. The van der Waals surface area contributed by atoms with Crippen molar-refractivity contribution in [2.24, 2.45) is 10.9 Å². The van der Waals surface area contributed by atoms with Gasteiger partial charge in [-0.05, 0) is 56.9 Å². The van der Waals surface area contributed by atoms with Crippen molar-refractivity contribution in [3.63, 3.8) is 0 Å². The van der Waals surface area contributed by atoms with Gasteiger partial charge in [0.25, 0.3) is 0 Å². The number of aliphatic hydroxyl groups is 1. The van der Waals surface area contributed by atoms with Crippen LogP contribution in [0.4, 0.5) is 11.5 Å². The summed E-state index contributed by atoms with van der Waals surface area (Å²) >= 11 is 0. The number of benzene rings is 1. The van der Waals surface area contributed by atoms with Gasteiger partial charge in [-0.2, -0.15) is 4.98 Å². The van der Waals surface area contributed by atoms with E-state index in [-0.39, 0.29) is 5.91 Å². The molecule has 32 heavy (non-hydrogen) atoms. The largest absolute Gasteiger partial charge is 0.463 e. The average molecular weight is 438 g/mol. The maximum Gasteiger partial charge on any atom is 0.248 e. The predicted octanol–water partition coefficient (Wildman–Crippen LogP) is 3.08. The highest BCUT2D eigenvalue weighted by Crippen LogP contribution is 2.40. The molecule has 0 saturated heterocycles. The van der Waals surface area contributed by atoms with Crippen molar-refractivity contribution in [3.05, 3.63) is 41.7 Å². The Morgan fingerprint density at radius 3 is 2.53 bits per heavy atom. The molecular formula is C24H31N5O3. The van der Waals surface area contributed by atoms with Crippen LogP contribution in [0, 0.1) is 5.92 Å². The molecule has 1 aliphatic carbocycles. The number of hydrogen-bond donors (Lipinski definition) is 2. The number of fused-ring (bicyclic) bond motifs is 1. The van der Waals surface area contributed by atoms with Gasteiger partial charge in [0.15, 0.2) is 11.5 Å². The molecular weight excluding hydrogens is 406 g/mol. The third kappa shape index (κ3) is 4.46. The van der Waals surface area contributed by atoms with E-state index < -0.39 is 12.2 Å². The molecule has 170 valence electrons. The van der Waals surface area contributed by atoms with Gasteiger partial charge in [-0.25, -0.2) is 9.98 Å². The fourth-order valence-electron chi connectivity index (χ4n) is 4.71. The molecule has 8 nitrogen and oxygen atoms in total. The van der Waals surface area contributed by atoms with Crippen molar-refractivity contribution in [2.75, 3.05) is 25.9 Å². The van der Waals surface area contributed by atoms with Crippen LogP contribution >= 0.6 is 0 Å². The highest BCUT2D eigenvalue weighted by atomic mass is 16.5. The molecule has 1 amide bonds. The Hall–Kier alpha value is -3.00. The number of amides is 1. The molecule has 2 heterocycles. The molecule has 3 N–H and O–H groups in total. The summed E-state index contributed by atoms with van der Waals surface area (Å²) in [4.78, 5) is 26.2. The SMILES string of the molecule is CN(C[C@H]1CC[C@H](c2ccc(C3=Nc4c(N)ncnc4OC3(C)C)cc2)CC1)C(=O)CO. The molecule has 1 aromatic heterocycles. The Kier molecular flexibility index (Phi) is 6.15. The van der Waals surface area contributed by atoms with Crippen LogP contribution in [-0.4, -0.2) is 57.4 Å². The van der Waals surface area contributed by atoms with E-state index >= 15 is 0 Å². The number of aliphatic hydroxyl groups excluding tert-OH is 1. The van der Waals surface area contributed by atoms with E-state index in [4.69, 9.17) is 20.6 Å². The van der Waals surface area contributed by atoms with Gasteiger partial charge < -0.3 is 20.5 Å². The van der Waals surface area contributed by atoms with Crippen molar-refractivity contribution in [2.45, 2.75) is 51.0 Å². The van der Waals surface area contributed by atoms with Crippen LogP contribution in [0.25, 0.3) is 0 Å². The smallest absolute Gasteiger partial charge is 0.248 e. The number of ether oxygens (including phenoxy) is 1. The summed E-state index contributed by atoms with van der Waals surface area (Å²) in [5.41, 5.74) is 8.95. The quantitative estimate of drug-likeness (QED) is 0.743. The molecule has 1 aliphatic heterocycles. The van der Waals surface area contributed by atoms with Crippen molar-refractivity contribution in [3.8, 4) is 5.88 Å². The van der Waals surface area contributed by atoms with E-state index in [0.717, 1.165) is 37.0 Å². The summed E-state index contributed by atoms with van der Waals surface area (Å²) in [6.07, 6.45) is 5.75. The average Bonchev–Trinajstić information content (AvgIpc) is 2.78. The lowest BCUT2D eigenvalue weighted by molar-refractivity contribution is -0.133. The second kappa shape index (κ2) is 8.86. The lowest BCUT2D eigenvalue weighted by atomic mass is 9.78. The van der Waals surface area contributed by atoms with Crippen molar-refractivity contribution in [1.29, 1.82) is 0 Å². The van der Waals surface area contributed by atoms with E-state index in [1.807, 2.05) is 13.8 Å². The van der Waals surface area contributed by atoms with Crippen LogP contribution in [0.2, 0.25) is 0 Å². The summed E-state index contributed by atoms with van der Waals surface area (Å²) in [6.45, 7) is 4.24. The van der Waals surface area contributed by atoms with E-state index in [2.05, 4.69) is 34.2 Å². The zero-order valence-electron chi connectivity index (χ0n) is 18.9. The van der Waals surface area contributed by atoms with E-state index in [0.29, 0.717) is 35.8 Å². The molecule has 0 radical (unpaired) electrons. The molecule has 1 fully saturated rings. The van der Waals surface area contributed by atoms with Crippen molar-refractivity contribution >= 4 is 23.1 Å². The van der Waals surface area contributed by atoms with Crippen LogP contribution in [-0.2, 0) is 4.79 Å². The summed E-state index contributed by atoms with van der Waals surface area (Å²) in [6, 6.07) is 8.56. The molecule has 2 aliphatic rings. The third-order valence-electron chi connectivity index (χ3n) is 6.56. The van der Waals surface area contributed by atoms with Gasteiger partial charge >= 0.3 is 0 Å². The molecule has 0 bridgehead atoms. The van der Waals surface area contributed by atoms with Crippen LogP contribution in [0.1, 0.15) is 56.6 Å². The summed E-state index contributed by atoms with van der Waals surface area (Å²) in [5, 5.41) is 9.02. The second-order valence-corrected chi connectivity index (χ2v) is 9.26. The van der Waals surface area contributed by atoms with Gasteiger partial charge in [-0.3, -0.25) is 4.79 Å². The zero-order chi connectivity index (χ0) is 22.9. The number of aromatic nitrogens is 2. The van der Waals surface area contributed by atoms with Crippen LogP contribution in [0.3, 0.4) is 0 Å². The number of aliphatic imine (C=N–C) groups is 1. The Morgan fingerprint density at radius 1 is 1.19 bits per heavy atom. The Morgan fingerprint density at radius 2 is 1.88 bits per heavy atom. The molecule has 1 saturated carbocycles. The summed E-state index contributed by atoms with van der Waals surface area (Å²) in [7, 11) is 1.76. The lowest BCUT2D eigenvalue weighted by Gasteiger charge is -2.33. The zero-order valence-corrected chi connectivity index (χ0v) is 18.9. The first-order chi connectivity index (χ1) is 15.3. The highest BCUT2D eigenvalue weighted by molar-refractivity contribution is 6.09. The second-order valence-electron chi connectivity index (χ2n) is 9.26. The number of carbonyl (C=O) groups excluding carboxylic acids is 1. The van der Waals surface area contributed by atoms with Gasteiger partial charge in [0.1, 0.15) is 18.5 Å². The minimum Gasteiger partial charge on any atom is -0.463 e. The predicted molar refractivity (Wildman–Crippen MR) is 123 cm³/mol. The van der Waals surface area contributed by atoms with Gasteiger partial charge in [-0.1, -0.05) is 24.3 Å². The monoisotopic (exact) mass is 437 g/mol. The molecule has 1 aromatic carbocycles. The number of rotatable bonds is 5. The normalized spacial score (nSPS) is 21.8. The van der Waals surface area contributed by atoms with Crippen LogP contribution in [0.15, 0.2) is 35.6 Å². The highest BCUT2D eigenvalue weighted by Gasteiger charge is 2.35. The first-order valence-electron chi connectivity index (χ1n) is 11.1. The van der Waals surface area contributed by atoms with E-state index in [1.165, 1.54) is 11.9 Å². The van der Waals surface area contributed by atoms with Gasteiger partial charge in [-0.15, -0.1) is 0 Å². The maximum atomic E-state index is 11.6. The maximum absolute atomic E-state index is 11.6. The topological polar surface area (TPSA) is 114 Å². The number of likely N-dealkylation sites (N-methyl/N-ethyl adjacent to an activating group) is 1. The third-order valence-corrected chi connectivity index (χ3v) is 6.56. The number of hydrogen-bond acceptors (Lipinski definition) is 7. The van der Waals surface area contributed by atoms with Gasteiger partial charge in [0, 0.05) is 19.2 Å². The Bertz CT molecular complexity index is 1010. The first-order valence-corrected chi connectivity index (χ1v) is 11.1. The lowest BCUT2D eigenvalue weighted by Crippen LogP contribution is -2.41. The minimum absolute atomic E-state index is 0.212. The molecule has 8 heteroatoms. The fourth-order valence-corrected chi connectivity index (χ4v) is 4.71. The Balaban J connectivity index is 1.45. The van der Waals surface area contributed by atoms with Crippen molar-refractivity contribution < 1.29 is 14.6 Å². The molecule has 4 rings (SSSR count). The number of carbonyl (C=O) groups is 1. The molecule has 0 spiro atoms. The first kappa shape index (κ1) is 22.2. The Labute approximate surface area is 188 Å². The molecule has 2 aromatic rings. The fraction of sp³-hybridized carbons (Fsp3) is 0.500. The molecule has 0 unspecified atom stereocenters. The van der Waals surface area contributed by atoms with Crippen LogP contribution in [0.5, 0.6) is 5.88 Å². The van der Waals surface area contributed by atoms with E-state index in [1.54, 1.807) is 11.9 Å². The molecule has 0 atom stereocenters. The summed E-state index contributed by atoms with van der Waals surface area (Å²) < 4.78 is 6.08. The van der Waals surface area contributed by atoms with Crippen LogP contribution < -0.4 is 10.5 Å². The number of nitrogens with two attached hydrogens (primary N) is 1. The van der Waals surface area contributed by atoms with Gasteiger partial charge in [0.05, 0.1) is 5.71 Å². The number of nitrogens with zero attached hydrogens (tertiary/aromatic N) is 4. The minimum atomic E-state index is -0.634. The van der Waals surface area contributed by atoms with Gasteiger partial charge in [0.2, 0.25) is 11.8 Å². The van der Waals surface area contributed by atoms with E-state index in [9.17, 15) is 4.79 Å². The standard InChI is InChI=1S/C24H31N5O3/c1-24(2)21(28-20-22(25)26-14-27-23(20)32-24)18-10-8-17(9-11-18)16-6-4-15(5-7-16)12-29(3)19(31)13-30/h8-11,14-16,30H,4-7,12-13H2,1-3H3,(H2,25,26,27)/t15-,16-. The van der Waals surface area contributed by atoms with Crippen molar-refractivity contribution in [1.82, 2.24) is 14.9 Å².